The molecule has 1 amide bonds. The monoisotopic (exact) mass is 526 g/mol. The number of hydrogen-bond acceptors (Lipinski definition) is 3. The highest BCUT2D eigenvalue weighted by Crippen LogP contribution is 2.26. The van der Waals surface area contributed by atoms with Gasteiger partial charge < -0.3 is 15.5 Å². The number of thiophene rings is 1. The summed E-state index contributed by atoms with van der Waals surface area (Å²) in [6.45, 7) is 1.58. The van der Waals surface area contributed by atoms with Crippen molar-refractivity contribution in [2.45, 2.75) is 38.6 Å². The molecule has 1 fully saturated rings. The molecule has 5 nitrogen and oxygen atoms in total. The number of rotatable bonds is 7. The molecule has 0 radical (unpaired) electrons. The van der Waals surface area contributed by atoms with Gasteiger partial charge in [-0.15, -0.1) is 35.3 Å². The van der Waals surface area contributed by atoms with Crippen LogP contribution in [0, 0.1) is 5.92 Å². The highest BCUT2D eigenvalue weighted by atomic mass is 127. The number of guanidine groups is 1. The van der Waals surface area contributed by atoms with Crippen molar-refractivity contribution in [1.29, 1.82) is 0 Å². The summed E-state index contributed by atoms with van der Waals surface area (Å²) in [6.07, 6.45) is 5.38. The Labute approximate surface area is 195 Å². The van der Waals surface area contributed by atoms with Crippen LogP contribution >= 0.6 is 35.3 Å². The molecule has 0 unspecified atom stereocenters. The largest absolute Gasteiger partial charge is 0.352 e. The molecule has 0 saturated heterocycles. The standard InChI is InChI=1S/C22H30N4OS.HI/c1-23-22(26(2)13-12-20-11-6-14-28-20)24-16-17-7-5-10-19(15-17)25-21(27)18-8-3-4-9-18;/h5-7,10-11,14-15,18H,3-4,8-9,12-13,16H2,1-2H3,(H,23,24)(H,25,27);1H. The van der Waals surface area contributed by atoms with Crippen molar-refractivity contribution in [2.24, 2.45) is 10.9 Å². The zero-order chi connectivity index (χ0) is 19.8. The Balaban J connectivity index is 0.00000300. The molecule has 0 spiro atoms. The number of anilines is 1. The fourth-order valence-corrected chi connectivity index (χ4v) is 4.29. The maximum Gasteiger partial charge on any atom is 0.227 e. The first-order chi connectivity index (χ1) is 13.7. The summed E-state index contributed by atoms with van der Waals surface area (Å²) in [7, 11) is 3.86. The summed E-state index contributed by atoms with van der Waals surface area (Å²) < 4.78 is 0. The second-order valence-electron chi connectivity index (χ2n) is 7.32. The van der Waals surface area contributed by atoms with E-state index in [1.807, 2.05) is 25.2 Å². The molecule has 29 heavy (non-hydrogen) atoms. The van der Waals surface area contributed by atoms with Crippen LogP contribution in [0.4, 0.5) is 5.69 Å². The third-order valence-corrected chi connectivity index (χ3v) is 6.15. The second-order valence-corrected chi connectivity index (χ2v) is 8.35. The minimum absolute atomic E-state index is 0. The average Bonchev–Trinajstić information content (AvgIpc) is 3.41. The highest BCUT2D eigenvalue weighted by molar-refractivity contribution is 14.0. The maximum absolute atomic E-state index is 12.3. The van der Waals surface area contributed by atoms with E-state index in [0.717, 1.165) is 43.0 Å². The molecular formula is C22H31IN4OS. The number of hydrogen-bond donors (Lipinski definition) is 2. The number of amides is 1. The van der Waals surface area contributed by atoms with Gasteiger partial charge in [-0.25, -0.2) is 0 Å². The van der Waals surface area contributed by atoms with E-state index >= 15 is 0 Å². The zero-order valence-corrected chi connectivity index (χ0v) is 20.3. The third-order valence-electron chi connectivity index (χ3n) is 5.22. The van der Waals surface area contributed by atoms with E-state index in [0.29, 0.717) is 6.54 Å². The van der Waals surface area contributed by atoms with E-state index in [1.165, 1.54) is 17.7 Å². The fourth-order valence-electron chi connectivity index (χ4n) is 3.60. The van der Waals surface area contributed by atoms with Gasteiger partial charge in [0, 0.05) is 43.7 Å². The van der Waals surface area contributed by atoms with Crippen LogP contribution in [-0.2, 0) is 17.8 Å². The Hall–Kier alpha value is -1.61. The molecule has 1 saturated carbocycles. The van der Waals surface area contributed by atoms with Gasteiger partial charge in [0.25, 0.3) is 0 Å². The zero-order valence-electron chi connectivity index (χ0n) is 17.2. The van der Waals surface area contributed by atoms with Crippen LogP contribution in [0.1, 0.15) is 36.1 Å². The van der Waals surface area contributed by atoms with E-state index in [4.69, 9.17) is 0 Å². The Bertz CT molecular complexity index is 788. The van der Waals surface area contributed by atoms with Gasteiger partial charge in [-0.05, 0) is 48.4 Å². The van der Waals surface area contributed by atoms with E-state index < -0.39 is 0 Å². The number of aliphatic imine (C=N–C) groups is 1. The van der Waals surface area contributed by atoms with Crippen LogP contribution in [0.3, 0.4) is 0 Å². The molecule has 0 bridgehead atoms. The lowest BCUT2D eigenvalue weighted by molar-refractivity contribution is -0.119. The van der Waals surface area contributed by atoms with Crippen molar-refractivity contribution in [3.63, 3.8) is 0 Å². The minimum atomic E-state index is 0. The van der Waals surface area contributed by atoms with Crippen LogP contribution in [0.15, 0.2) is 46.8 Å². The Morgan fingerprint density at radius 1 is 1.24 bits per heavy atom. The molecule has 1 aromatic heterocycles. The van der Waals surface area contributed by atoms with Gasteiger partial charge in [-0.2, -0.15) is 0 Å². The molecular weight excluding hydrogens is 495 g/mol. The first kappa shape index (κ1) is 23.7. The van der Waals surface area contributed by atoms with Crippen LogP contribution in [-0.4, -0.2) is 37.4 Å². The Morgan fingerprint density at radius 2 is 2.03 bits per heavy atom. The summed E-state index contributed by atoms with van der Waals surface area (Å²) >= 11 is 1.79. The molecule has 2 aromatic rings. The summed E-state index contributed by atoms with van der Waals surface area (Å²) in [5.74, 6) is 1.21. The van der Waals surface area contributed by atoms with E-state index in [9.17, 15) is 4.79 Å². The second kappa shape index (κ2) is 12.2. The van der Waals surface area contributed by atoms with Gasteiger partial charge in [0.05, 0.1) is 0 Å². The molecule has 7 heteroatoms. The molecule has 158 valence electrons. The Morgan fingerprint density at radius 3 is 2.72 bits per heavy atom. The molecule has 1 aliphatic carbocycles. The van der Waals surface area contributed by atoms with Gasteiger partial charge in [-0.3, -0.25) is 9.79 Å². The lowest BCUT2D eigenvalue weighted by Crippen LogP contribution is -2.39. The average molecular weight is 526 g/mol. The first-order valence-corrected chi connectivity index (χ1v) is 10.9. The minimum Gasteiger partial charge on any atom is -0.352 e. The number of benzene rings is 1. The molecule has 1 heterocycles. The van der Waals surface area contributed by atoms with E-state index in [1.54, 1.807) is 11.3 Å². The number of likely N-dealkylation sites (N-methyl/N-ethyl adjacent to an activating group) is 1. The fraction of sp³-hybridized carbons (Fsp3) is 0.455. The topological polar surface area (TPSA) is 56.7 Å². The van der Waals surface area contributed by atoms with Crippen molar-refractivity contribution >= 4 is 52.9 Å². The molecule has 3 rings (SSSR count). The maximum atomic E-state index is 12.3. The number of nitrogens with zero attached hydrogens (tertiary/aromatic N) is 2. The van der Waals surface area contributed by atoms with Crippen LogP contribution in [0.25, 0.3) is 0 Å². The predicted molar refractivity (Wildman–Crippen MR) is 133 cm³/mol. The summed E-state index contributed by atoms with van der Waals surface area (Å²) in [6, 6.07) is 12.3. The van der Waals surface area contributed by atoms with Crippen LogP contribution < -0.4 is 10.6 Å². The van der Waals surface area contributed by atoms with Gasteiger partial charge >= 0.3 is 0 Å². The van der Waals surface area contributed by atoms with Crippen molar-refractivity contribution < 1.29 is 4.79 Å². The van der Waals surface area contributed by atoms with Gasteiger partial charge in [0.1, 0.15) is 0 Å². The highest BCUT2D eigenvalue weighted by Gasteiger charge is 2.22. The lowest BCUT2D eigenvalue weighted by atomic mass is 10.1. The molecule has 2 N–H and O–H groups in total. The van der Waals surface area contributed by atoms with Crippen molar-refractivity contribution in [3.8, 4) is 0 Å². The third kappa shape index (κ3) is 7.29. The molecule has 1 aromatic carbocycles. The number of nitrogens with one attached hydrogen (secondary N) is 2. The lowest BCUT2D eigenvalue weighted by Gasteiger charge is -2.22. The number of carbonyl (C=O) groups excluding carboxylic acids is 1. The molecule has 0 aliphatic heterocycles. The molecule has 1 aliphatic rings. The van der Waals surface area contributed by atoms with Crippen molar-refractivity contribution in [3.05, 3.63) is 52.2 Å². The molecule has 0 atom stereocenters. The van der Waals surface area contributed by atoms with Gasteiger partial charge in [0.15, 0.2) is 5.96 Å². The predicted octanol–water partition coefficient (Wildman–Crippen LogP) is 4.74. The van der Waals surface area contributed by atoms with Gasteiger partial charge in [-0.1, -0.05) is 31.0 Å². The van der Waals surface area contributed by atoms with E-state index in [-0.39, 0.29) is 35.8 Å². The summed E-state index contributed by atoms with van der Waals surface area (Å²) in [5, 5.41) is 8.61. The van der Waals surface area contributed by atoms with Crippen molar-refractivity contribution in [1.82, 2.24) is 10.2 Å². The number of halogens is 1. The van der Waals surface area contributed by atoms with Crippen LogP contribution in [0.5, 0.6) is 0 Å². The quantitative estimate of drug-likeness (QED) is 0.311. The van der Waals surface area contributed by atoms with E-state index in [2.05, 4.69) is 51.2 Å². The number of carbonyl (C=O) groups is 1. The van der Waals surface area contributed by atoms with Crippen molar-refractivity contribution in [2.75, 3.05) is 26.0 Å². The smallest absolute Gasteiger partial charge is 0.227 e. The summed E-state index contributed by atoms with van der Waals surface area (Å²) in [5.41, 5.74) is 1.99. The normalized spacial score (nSPS) is 14.3. The summed E-state index contributed by atoms with van der Waals surface area (Å²) in [4.78, 5) is 20.3. The Kier molecular flexibility index (Phi) is 9.93. The first-order valence-electron chi connectivity index (χ1n) is 9.99. The SMILES string of the molecule is CN=C(NCc1cccc(NC(=O)C2CCCC2)c1)N(C)CCc1cccs1.I. The van der Waals surface area contributed by atoms with Crippen LogP contribution in [0.2, 0.25) is 0 Å². The van der Waals surface area contributed by atoms with Gasteiger partial charge in [0.2, 0.25) is 5.91 Å².